The molecule has 7 nitrogen and oxygen atoms in total. The highest BCUT2D eigenvalue weighted by molar-refractivity contribution is 5.93. The van der Waals surface area contributed by atoms with Gasteiger partial charge in [0.15, 0.2) is 0 Å². The Bertz CT molecular complexity index is 497. The monoisotopic (exact) mass is 296 g/mol. The normalized spacial score (nSPS) is 11.7. The van der Waals surface area contributed by atoms with Crippen LogP contribution in [0, 0.1) is 13.8 Å². The molecule has 1 aromatic rings. The number of aliphatic carboxylic acids is 1. The zero-order chi connectivity index (χ0) is 16.2. The first-order valence-corrected chi connectivity index (χ1v) is 6.89. The molecule has 1 aromatic heterocycles. The van der Waals surface area contributed by atoms with Crippen LogP contribution >= 0.6 is 0 Å². The van der Waals surface area contributed by atoms with Crippen molar-refractivity contribution >= 4 is 17.6 Å². The molecule has 0 saturated heterocycles. The predicted octanol–water partition coefficient (Wildman–Crippen LogP) is 1.54. The molecule has 0 aromatic carbocycles. The van der Waals surface area contributed by atoms with Crippen molar-refractivity contribution in [3.63, 3.8) is 0 Å². The lowest BCUT2D eigenvalue weighted by atomic mass is 10.1. The topological polar surface area (TPSA) is 98.3 Å². The van der Waals surface area contributed by atoms with E-state index in [1.807, 2.05) is 39.5 Å². The summed E-state index contributed by atoms with van der Waals surface area (Å²) < 4.78 is 0. The van der Waals surface area contributed by atoms with E-state index in [-0.39, 0.29) is 24.4 Å². The summed E-state index contributed by atoms with van der Waals surface area (Å²) in [6.07, 6.45) is 0.00825. The van der Waals surface area contributed by atoms with Gasteiger partial charge in [0.05, 0.1) is 30.0 Å². The van der Waals surface area contributed by atoms with Gasteiger partial charge in [0, 0.05) is 12.1 Å². The van der Waals surface area contributed by atoms with Gasteiger partial charge in [-0.2, -0.15) is 5.10 Å². The van der Waals surface area contributed by atoms with E-state index < -0.39 is 5.97 Å². The van der Waals surface area contributed by atoms with E-state index in [2.05, 4.69) is 15.5 Å². The Morgan fingerprint density at radius 3 is 2.38 bits per heavy atom. The van der Waals surface area contributed by atoms with Gasteiger partial charge in [-0.15, -0.1) is 0 Å². The number of hydrogen-bond donors (Lipinski definition) is 3. The van der Waals surface area contributed by atoms with Gasteiger partial charge in [0.1, 0.15) is 0 Å². The Balaban J connectivity index is 2.70. The van der Waals surface area contributed by atoms with Crippen molar-refractivity contribution in [3.05, 3.63) is 11.4 Å². The number of rotatable bonds is 6. The van der Waals surface area contributed by atoms with Gasteiger partial charge in [-0.05, 0) is 34.6 Å². The molecule has 0 saturated carbocycles. The lowest BCUT2D eigenvalue weighted by Gasteiger charge is -2.34. The molecule has 1 amide bonds. The number of carbonyl (C=O) groups is 2. The molecule has 1 heterocycles. The van der Waals surface area contributed by atoms with E-state index in [9.17, 15) is 9.59 Å². The second kappa shape index (κ2) is 6.71. The van der Waals surface area contributed by atoms with Crippen molar-refractivity contribution in [2.75, 3.05) is 18.4 Å². The number of anilines is 1. The van der Waals surface area contributed by atoms with Crippen molar-refractivity contribution < 1.29 is 14.7 Å². The molecule has 0 spiro atoms. The number of carbonyl (C=O) groups excluding carboxylic acids is 1. The van der Waals surface area contributed by atoms with E-state index in [1.165, 1.54) is 0 Å². The summed E-state index contributed by atoms with van der Waals surface area (Å²) >= 11 is 0. The predicted molar refractivity (Wildman–Crippen MR) is 80.3 cm³/mol. The van der Waals surface area contributed by atoms with Crippen LogP contribution in [0.25, 0.3) is 0 Å². The first-order valence-electron chi connectivity index (χ1n) is 6.89. The summed E-state index contributed by atoms with van der Waals surface area (Å²) in [6, 6.07) is 0. The van der Waals surface area contributed by atoms with Crippen LogP contribution in [-0.2, 0) is 9.59 Å². The van der Waals surface area contributed by atoms with Crippen LogP contribution in [0.1, 0.15) is 38.6 Å². The van der Waals surface area contributed by atoms with Crippen LogP contribution in [0.2, 0.25) is 0 Å². The van der Waals surface area contributed by atoms with Gasteiger partial charge in [0.2, 0.25) is 5.91 Å². The quantitative estimate of drug-likeness (QED) is 0.739. The third-order valence-corrected chi connectivity index (χ3v) is 3.27. The molecule has 0 aliphatic heterocycles. The van der Waals surface area contributed by atoms with E-state index in [0.29, 0.717) is 12.2 Å². The maximum absolute atomic E-state index is 12.2. The van der Waals surface area contributed by atoms with E-state index >= 15 is 0 Å². The van der Waals surface area contributed by atoms with Gasteiger partial charge in [0.25, 0.3) is 0 Å². The van der Waals surface area contributed by atoms with Gasteiger partial charge in [-0.3, -0.25) is 19.6 Å². The van der Waals surface area contributed by atoms with Crippen LogP contribution in [0.3, 0.4) is 0 Å². The van der Waals surface area contributed by atoms with Crippen LogP contribution in [0.4, 0.5) is 5.69 Å². The fourth-order valence-corrected chi connectivity index (χ4v) is 1.97. The fourth-order valence-electron chi connectivity index (χ4n) is 1.97. The summed E-state index contributed by atoms with van der Waals surface area (Å²) in [5.41, 5.74) is 1.93. The number of nitrogens with one attached hydrogen (secondary N) is 2. The zero-order valence-electron chi connectivity index (χ0n) is 13.3. The smallest absolute Gasteiger partial charge is 0.304 e. The molecular weight excluding hydrogens is 272 g/mol. The molecule has 0 atom stereocenters. The summed E-state index contributed by atoms with van der Waals surface area (Å²) in [6.45, 7) is 9.98. The minimum absolute atomic E-state index is 0.00825. The van der Waals surface area contributed by atoms with Crippen molar-refractivity contribution in [3.8, 4) is 0 Å². The average molecular weight is 296 g/mol. The molecule has 0 aliphatic carbocycles. The second-order valence-electron chi connectivity index (χ2n) is 6.09. The highest BCUT2D eigenvalue weighted by Crippen LogP contribution is 2.17. The molecule has 118 valence electrons. The number of hydrogen-bond acceptors (Lipinski definition) is 4. The van der Waals surface area contributed by atoms with E-state index in [0.717, 1.165) is 11.4 Å². The fraction of sp³-hybridized carbons (Fsp3) is 0.643. The molecule has 21 heavy (non-hydrogen) atoms. The molecule has 0 bridgehead atoms. The van der Waals surface area contributed by atoms with Crippen molar-refractivity contribution in [2.45, 2.75) is 46.6 Å². The number of aryl methyl sites for hydroxylation is 2. The molecule has 7 heteroatoms. The summed E-state index contributed by atoms with van der Waals surface area (Å²) in [5.74, 6) is -1.05. The average Bonchev–Trinajstić information content (AvgIpc) is 2.64. The Labute approximate surface area is 124 Å². The largest absolute Gasteiger partial charge is 0.481 e. The number of nitrogens with zero attached hydrogens (tertiary/aromatic N) is 2. The number of carboxylic acids is 1. The van der Waals surface area contributed by atoms with Crippen molar-refractivity contribution in [2.24, 2.45) is 0 Å². The minimum atomic E-state index is -0.869. The first kappa shape index (κ1) is 17.2. The van der Waals surface area contributed by atoms with E-state index in [4.69, 9.17) is 5.11 Å². The number of carboxylic acid groups (broad SMARTS) is 1. The summed E-state index contributed by atoms with van der Waals surface area (Å²) in [5, 5.41) is 18.5. The SMILES string of the molecule is Cc1n[nH]c(C)c1NC(=O)CN(CCC(=O)O)C(C)(C)C. The Hall–Kier alpha value is -1.89. The number of aromatic nitrogens is 2. The third kappa shape index (κ3) is 5.18. The van der Waals surface area contributed by atoms with Gasteiger partial charge >= 0.3 is 5.97 Å². The highest BCUT2D eigenvalue weighted by Gasteiger charge is 2.24. The number of amides is 1. The highest BCUT2D eigenvalue weighted by atomic mass is 16.4. The van der Waals surface area contributed by atoms with E-state index in [1.54, 1.807) is 0 Å². The standard InChI is InChI=1S/C14H24N4O3/c1-9-13(10(2)17-16-9)15-11(19)8-18(14(3,4)5)7-6-12(20)21/h6-8H2,1-5H3,(H,15,19)(H,16,17)(H,20,21). The molecule has 1 rings (SSSR count). The Morgan fingerprint density at radius 1 is 1.33 bits per heavy atom. The van der Waals surface area contributed by atoms with Gasteiger partial charge in [-0.25, -0.2) is 0 Å². The minimum Gasteiger partial charge on any atom is -0.481 e. The number of H-pyrrole nitrogens is 1. The van der Waals surface area contributed by atoms with Crippen LogP contribution in [0.5, 0.6) is 0 Å². The molecule has 0 unspecified atom stereocenters. The van der Waals surface area contributed by atoms with Crippen LogP contribution in [-0.4, -0.2) is 50.7 Å². The van der Waals surface area contributed by atoms with Crippen molar-refractivity contribution in [1.29, 1.82) is 0 Å². The van der Waals surface area contributed by atoms with Crippen LogP contribution < -0.4 is 5.32 Å². The van der Waals surface area contributed by atoms with Crippen LogP contribution in [0.15, 0.2) is 0 Å². The van der Waals surface area contributed by atoms with Gasteiger partial charge in [-0.1, -0.05) is 0 Å². The zero-order valence-corrected chi connectivity index (χ0v) is 13.3. The maximum atomic E-state index is 12.2. The first-order chi connectivity index (χ1) is 9.61. The third-order valence-electron chi connectivity index (χ3n) is 3.27. The second-order valence-corrected chi connectivity index (χ2v) is 6.09. The summed E-state index contributed by atoms with van der Waals surface area (Å²) in [4.78, 5) is 24.7. The molecular formula is C14H24N4O3. The molecule has 3 N–H and O–H groups in total. The number of aromatic amines is 1. The Kier molecular flexibility index (Phi) is 5.48. The van der Waals surface area contributed by atoms with Crippen molar-refractivity contribution in [1.82, 2.24) is 15.1 Å². The molecule has 0 radical (unpaired) electrons. The molecule has 0 fully saturated rings. The summed E-state index contributed by atoms with van der Waals surface area (Å²) in [7, 11) is 0. The Morgan fingerprint density at radius 2 is 1.95 bits per heavy atom. The lowest BCUT2D eigenvalue weighted by Crippen LogP contribution is -2.46. The molecule has 0 aliphatic rings. The maximum Gasteiger partial charge on any atom is 0.304 e. The van der Waals surface area contributed by atoms with Gasteiger partial charge < -0.3 is 10.4 Å². The lowest BCUT2D eigenvalue weighted by molar-refractivity contribution is -0.138.